The molecule has 0 nitrogen and oxygen atoms in total. The van der Waals surface area contributed by atoms with Gasteiger partial charge in [-0.3, -0.25) is 0 Å². The second kappa shape index (κ2) is 19.8. The van der Waals surface area contributed by atoms with E-state index >= 15 is 0 Å². The molecule has 0 aliphatic heterocycles. The number of halogens is 2. The maximum atomic E-state index is 2.99. The van der Waals surface area contributed by atoms with E-state index in [1.165, 1.54) is 134 Å². The molecular formula is C54H72Cl2SiZr. The van der Waals surface area contributed by atoms with Gasteiger partial charge in [0.25, 0.3) is 0 Å². The summed E-state index contributed by atoms with van der Waals surface area (Å²) in [5.41, 5.74) is 18.8. The molecule has 4 aromatic carbocycles. The summed E-state index contributed by atoms with van der Waals surface area (Å²) >= 11 is -3.93. The molecule has 4 aromatic rings. The normalized spacial score (nSPS) is 19.7. The molecule has 0 radical (unpaired) electrons. The zero-order valence-corrected chi connectivity index (χ0v) is 41.8. The fourth-order valence-corrected chi connectivity index (χ4v) is 38.5. The molecule has 0 aromatic heterocycles. The monoisotopic (exact) mass is 908 g/mol. The molecule has 58 heavy (non-hydrogen) atoms. The Bertz CT molecular complexity index is 1990. The summed E-state index contributed by atoms with van der Waals surface area (Å²) in [7, 11) is 0. The Morgan fingerprint density at radius 2 is 0.914 bits per heavy atom. The van der Waals surface area contributed by atoms with Crippen LogP contribution >= 0.6 is 24.8 Å². The van der Waals surface area contributed by atoms with E-state index in [4.69, 9.17) is 0 Å². The van der Waals surface area contributed by atoms with Crippen molar-refractivity contribution in [3.05, 3.63) is 129 Å². The zero-order valence-electron chi connectivity index (χ0n) is 36.3. The molecule has 4 aliphatic rings. The number of hydrogen-bond acceptors (Lipinski definition) is 0. The fourth-order valence-electron chi connectivity index (χ4n) is 12.7. The maximum Gasteiger partial charge on any atom is -0.147 e. The van der Waals surface area contributed by atoms with Gasteiger partial charge in [-0.05, 0) is 0 Å². The molecule has 2 atom stereocenters. The Labute approximate surface area is 367 Å². The van der Waals surface area contributed by atoms with Crippen molar-refractivity contribution in [2.24, 2.45) is 11.8 Å². The fraction of sp³-hybridized carbons (Fsp3) is 0.481. The van der Waals surface area contributed by atoms with Crippen molar-refractivity contribution < 1.29 is 17.4 Å². The first-order valence-corrected chi connectivity index (χ1v) is 36.2. The van der Waals surface area contributed by atoms with Crippen LogP contribution in [0.1, 0.15) is 158 Å². The number of allylic oxidation sites excluding steroid dienone is 2. The van der Waals surface area contributed by atoms with Crippen molar-refractivity contribution in [3.8, 4) is 22.3 Å². The first-order valence-electron chi connectivity index (χ1n) is 23.2. The Kier molecular flexibility index (Phi) is 15.6. The van der Waals surface area contributed by atoms with Crippen molar-refractivity contribution >= 4 is 43.8 Å². The van der Waals surface area contributed by atoms with Crippen LogP contribution in [-0.2, 0) is 30.2 Å². The van der Waals surface area contributed by atoms with Crippen LogP contribution in [0.15, 0.2) is 96.1 Å². The van der Waals surface area contributed by atoms with Crippen molar-refractivity contribution in [1.82, 2.24) is 0 Å². The molecule has 0 spiro atoms. The third kappa shape index (κ3) is 9.13. The Balaban J connectivity index is 0.00000283. The average Bonchev–Trinajstić information content (AvgIpc) is 3.79. The van der Waals surface area contributed by atoms with E-state index in [1.54, 1.807) is 22.3 Å². The minimum absolute atomic E-state index is 0. The summed E-state index contributed by atoms with van der Waals surface area (Å²) in [6, 6.07) is 34.3. The summed E-state index contributed by atoms with van der Waals surface area (Å²) in [5, 5.41) is 0. The maximum absolute atomic E-state index is 3.93. The third-order valence-corrected chi connectivity index (χ3v) is 38.6. The smallest absolute Gasteiger partial charge is 0.147 e. The summed E-state index contributed by atoms with van der Waals surface area (Å²) in [6.07, 6.45) is 28.4. The van der Waals surface area contributed by atoms with E-state index < -0.39 is 17.4 Å². The van der Waals surface area contributed by atoms with Gasteiger partial charge in [0, 0.05) is 0 Å². The SMILES string of the molecule is CCCc1ccc(-c2cccc3c2C=C(CC2CCCCC2)[CH]3[Zr]([CH3])(=[SiH2])([CH2]CC)[CH]2C(CC3CCCCC3)=Cc3c(-c4ccc(CCC)cc4)cccc32)cc1.Cl.Cl. The van der Waals surface area contributed by atoms with Gasteiger partial charge in [0.2, 0.25) is 0 Å². The molecule has 0 saturated heterocycles. The first-order chi connectivity index (χ1) is 27.3. The van der Waals surface area contributed by atoms with E-state index in [0.717, 1.165) is 24.7 Å². The molecule has 2 saturated carbocycles. The number of rotatable bonds is 14. The third-order valence-electron chi connectivity index (χ3n) is 15.1. The van der Waals surface area contributed by atoms with Gasteiger partial charge in [-0.2, -0.15) is 0 Å². The van der Waals surface area contributed by atoms with Crippen molar-refractivity contribution in [3.63, 3.8) is 0 Å². The van der Waals surface area contributed by atoms with E-state index in [1.807, 2.05) is 11.1 Å². The van der Waals surface area contributed by atoms with Crippen LogP contribution in [0.4, 0.5) is 0 Å². The van der Waals surface area contributed by atoms with E-state index in [9.17, 15) is 0 Å². The van der Waals surface area contributed by atoms with Crippen LogP contribution in [0.3, 0.4) is 0 Å². The molecule has 4 aliphatic carbocycles. The second-order valence-electron chi connectivity index (χ2n) is 19.5. The van der Waals surface area contributed by atoms with Crippen molar-refractivity contribution in [2.45, 2.75) is 146 Å². The van der Waals surface area contributed by atoms with Crippen LogP contribution in [0.5, 0.6) is 0 Å². The first kappa shape index (κ1) is 45.6. The molecular weight excluding hydrogens is 839 g/mol. The van der Waals surface area contributed by atoms with Gasteiger partial charge >= 0.3 is 346 Å². The standard InChI is InChI=1S/2C25H29.C3H7.CH3.2ClH.H2Si.Zr/c2*1-2-7-19-12-14-22(15-13-19)24-11-6-10-23-17-21(18-25(23)24)16-20-8-4-3-5-9-20;1-3-2;;;;;/h2*6,10-15,17-18,20H,2-5,7-9,16H2,1H3;1,3H2,2H3;1H3;2*1H;1H2;. The summed E-state index contributed by atoms with van der Waals surface area (Å²) in [4.78, 5) is 0. The number of hydrogen-bond donors (Lipinski definition) is 0. The molecule has 2 unspecified atom stereocenters. The van der Waals surface area contributed by atoms with Gasteiger partial charge in [0.05, 0.1) is 0 Å². The van der Waals surface area contributed by atoms with Crippen LogP contribution in [0, 0.1) is 11.8 Å². The van der Waals surface area contributed by atoms with Gasteiger partial charge in [-0.25, -0.2) is 0 Å². The van der Waals surface area contributed by atoms with Crippen molar-refractivity contribution in [2.75, 3.05) is 0 Å². The largest absolute Gasteiger partial charge is 0.147 e. The van der Waals surface area contributed by atoms with Gasteiger partial charge in [0.15, 0.2) is 0 Å². The molecule has 310 valence electrons. The molecule has 0 heterocycles. The van der Waals surface area contributed by atoms with Crippen molar-refractivity contribution in [1.29, 1.82) is 0 Å². The van der Waals surface area contributed by atoms with Crippen LogP contribution in [-0.4, -0.2) is 6.88 Å². The molecule has 8 rings (SSSR count). The number of fused-ring (bicyclic) bond motifs is 2. The van der Waals surface area contributed by atoms with Crippen LogP contribution in [0.25, 0.3) is 34.4 Å². The minimum atomic E-state index is -3.93. The second-order valence-corrected chi connectivity index (χ2v) is 47.9. The summed E-state index contributed by atoms with van der Waals surface area (Å²) in [5.74, 6) is 1.67. The molecule has 0 bridgehead atoms. The quantitative estimate of drug-likeness (QED) is 0.111. The van der Waals surface area contributed by atoms with Gasteiger partial charge in [-0.1, -0.05) is 0 Å². The summed E-state index contributed by atoms with van der Waals surface area (Å²) < 4.78 is 5.59. The van der Waals surface area contributed by atoms with E-state index in [2.05, 4.69) is 129 Å². The van der Waals surface area contributed by atoms with Crippen LogP contribution in [0.2, 0.25) is 8.76 Å². The minimum Gasteiger partial charge on any atom is -0.147 e. The van der Waals surface area contributed by atoms with Gasteiger partial charge < -0.3 is 0 Å². The number of aryl methyl sites for hydroxylation is 2. The zero-order chi connectivity index (χ0) is 38.7. The molecule has 0 N–H and O–H groups in total. The predicted octanol–water partition coefficient (Wildman–Crippen LogP) is 16.4. The Hall–Kier alpha value is -1.96. The van der Waals surface area contributed by atoms with Gasteiger partial charge in [0.1, 0.15) is 0 Å². The Morgan fingerprint density at radius 1 is 0.517 bits per heavy atom. The van der Waals surface area contributed by atoms with E-state index in [-0.39, 0.29) is 24.8 Å². The van der Waals surface area contributed by atoms with E-state index in [0.29, 0.717) is 7.25 Å². The molecule has 4 heteroatoms. The summed E-state index contributed by atoms with van der Waals surface area (Å²) in [6.45, 7) is 9.76. The molecule has 0 amide bonds. The Morgan fingerprint density at radius 3 is 1.28 bits per heavy atom. The van der Waals surface area contributed by atoms with Gasteiger partial charge in [-0.15, -0.1) is 24.8 Å². The molecule has 2 fully saturated rings. The predicted molar refractivity (Wildman–Crippen MR) is 260 cm³/mol. The van der Waals surface area contributed by atoms with Crippen LogP contribution < -0.4 is 0 Å². The average molecular weight is 911 g/mol. The topological polar surface area (TPSA) is 0 Å². The number of benzene rings is 4.